The first-order valence-corrected chi connectivity index (χ1v) is 9.04. The average molecular weight is 375 g/mol. The van der Waals surface area contributed by atoms with Crippen LogP contribution in [0.4, 0.5) is 4.79 Å². The summed E-state index contributed by atoms with van der Waals surface area (Å²) in [6.07, 6.45) is 0. The van der Waals surface area contributed by atoms with Crippen molar-refractivity contribution in [3.63, 3.8) is 0 Å². The number of morpholine rings is 1. The molecular formula is C19H25N3O5. The fourth-order valence-corrected chi connectivity index (χ4v) is 3.25. The highest BCUT2D eigenvalue weighted by Crippen LogP contribution is 2.29. The third kappa shape index (κ3) is 4.58. The van der Waals surface area contributed by atoms with E-state index in [1.54, 1.807) is 0 Å². The average Bonchev–Trinajstić information content (AvgIpc) is 2.69. The van der Waals surface area contributed by atoms with Crippen molar-refractivity contribution in [2.24, 2.45) is 0 Å². The van der Waals surface area contributed by atoms with Crippen LogP contribution in [0.25, 0.3) is 0 Å². The van der Waals surface area contributed by atoms with Crippen molar-refractivity contribution in [3.05, 3.63) is 41.1 Å². The Kier molecular flexibility index (Phi) is 6.31. The molecule has 0 saturated carbocycles. The van der Waals surface area contributed by atoms with Gasteiger partial charge in [-0.15, -0.1) is 0 Å². The van der Waals surface area contributed by atoms with E-state index in [0.717, 1.165) is 24.4 Å². The molecule has 0 unspecified atom stereocenters. The van der Waals surface area contributed by atoms with Crippen molar-refractivity contribution in [3.8, 4) is 5.75 Å². The second-order valence-electron chi connectivity index (χ2n) is 6.31. The molecule has 1 aromatic rings. The lowest BCUT2D eigenvalue weighted by molar-refractivity contribution is -0.136. The van der Waals surface area contributed by atoms with Gasteiger partial charge in [0, 0.05) is 25.3 Å². The number of ether oxygens (including phenoxy) is 3. The molecule has 146 valence electrons. The van der Waals surface area contributed by atoms with Gasteiger partial charge in [-0.05, 0) is 24.6 Å². The molecule has 2 N–H and O–H groups in total. The fourth-order valence-electron chi connectivity index (χ4n) is 3.25. The fraction of sp³-hybridized carbons (Fsp3) is 0.474. The minimum absolute atomic E-state index is 0.343. The molecule has 3 rings (SSSR count). The molecule has 8 nitrogen and oxygen atoms in total. The van der Waals surface area contributed by atoms with Gasteiger partial charge in [0.05, 0.1) is 38.5 Å². The Bertz CT molecular complexity index is 711. The Balaban J connectivity index is 1.92. The quantitative estimate of drug-likeness (QED) is 0.727. The maximum Gasteiger partial charge on any atom is 0.338 e. The number of carbonyl (C=O) groups excluding carboxylic acids is 2. The van der Waals surface area contributed by atoms with E-state index < -0.39 is 12.0 Å². The molecule has 0 aliphatic carbocycles. The minimum atomic E-state index is -0.585. The van der Waals surface area contributed by atoms with Gasteiger partial charge in [0.1, 0.15) is 5.75 Å². The molecule has 0 aromatic heterocycles. The first-order chi connectivity index (χ1) is 13.1. The summed E-state index contributed by atoms with van der Waals surface area (Å²) in [5, 5.41) is 5.61. The predicted molar refractivity (Wildman–Crippen MR) is 98.3 cm³/mol. The van der Waals surface area contributed by atoms with Crippen LogP contribution in [0.15, 0.2) is 35.5 Å². The number of hydrogen-bond donors (Lipinski definition) is 2. The van der Waals surface area contributed by atoms with Crippen LogP contribution in [-0.2, 0) is 14.3 Å². The van der Waals surface area contributed by atoms with E-state index >= 15 is 0 Å². The summed E-state index contributed by atoms with van der Waals surface area (Å²) in [6.45, 7) is 5.70. The summed E-state index contributed by atoms with van der Waals surface area (Å²) in [5.74, 6) is 0.267. The number of urea groups is 1. The van der Waals surface area contributed by atoms with Crippen molar-refractivity contribution in [2.75, 3.05) is 46.6 Å². The van der Waals surface area contributed by atoms with Gasteiger partial charge in [-0.1, -0.05) is 12.1 Å². The van der Waals surface area contributed by atoms with E-state index in [0.29, 0.717) is 37.6 Å². The van der Waals surface area contributed by atoms with Gasteiger partial charge in [-0.3, -0.25) is 4.90 Å². The van der Waals surface area contributed by atoms with Crippen molar-refractivity contribution in [1.29, 1.82) is 0 Å². The minimum Gasteiger partial charge on any atom is -0.494 e. The van der Waals surface area contributed by atoms with Crippen molar-refractivity contribution in [2.45, 2.75) is 13.0 Å². The second-order valence-corrected chi connectivity index (χ2v) is 6.31. The third-order valence-corrected chi connectivity index (χ3v) is 4.57. The molecule has 1 aromatic carbocycles. The summed E-state index contributed by atoms with van der Waals surface area (Å²) in [4.78, 5) is 26.9. The van der Waals surface area contributed by atoms with Gasteiger partial charge in [-0.2, -0.15) is 0 Å². The molecule has 2 aliphatic rings. The highest BCUT2D eigenvalue weighted by Gasteiger charge is 2.34. The summed E-state index contributed by atoms with van der Waals surface area (Å²) < 4.78 is 15.8. The number of nitrogens with zero attached hydrogens (tertiary/aromatic N) is 1. The Morgan fingerprint density at radius 3 is 2.59 bits per heavy atom. The molecule has 1 atom stereocenters. The molecule has 0 bridgehead atoms. The van der Waals surface area contributed by atoms with Gasteiger partial charge < -0.3 is 24.8 Å². The molecule has 27 heavy (non-hydrogen) atoms. The van der Waals surface area contributed by atoms with Gasteiger partial charge in [0.15, 0.2) is 0 Å². The molecule has 1 fully saturated rings. The van der Waals surface area contributed by atoms with E-state index in [9.17, 15) is 9.59 Å². The lowest BCUT2D eigenvalue weighted by atomic mass is 9.95. The molecule has 2 heterocycles. The highest BCUT2D eigenvalue weighted by atomic mass is 16.5. The SMILES string of the molecule is CCOc1ccc([C@@H]2NC(=O)NC(CN3CCOCC3)=C2C(=O)OC)cc1. The Labute approximate surface area is 158 Å². The normalized spacial score (nSPS) is 20.7. The van der Waals surface area contributed by atoms with Crippen LogP contribution in [0, 0.1) is 0 Å². The number of rotatable bonds is 6. The summed E-state index contributed by atoms with van der Waals surface area (Å²) in [6, 6.07) is 6.41. The lowest BCUT2D eigenvalue weighted by Crippen LogP contribution is -2.49. The predicted octanol–water partition coefficient (Wildman–Crippen LogP) is 1.20. The third-order valence-electron chi connectivity index (χ3n) is 4.57. The van der Waals surface area contributed by atoms with Crippen LogP contribution >= 0.6 is 0 Å². The zero-order valence-electron chi connectivity index (χ0n) is 15.6. The van der Waals surface area contributed by atoms with Crippen molar-refractivity contribution >= 4 is 12.0 Å². The molecule has 0 spiro atoms. The highest BCUT2D eigenvalue weighted by molar-refractivity contribution is 5.95. The van der Waals surface area contributed by atoms with Crippen LogP contribution in [0.5, 0.6) is 5.75 Å². The van der Waals surface area contributed by atoms with Gasteiger partial charge in [0.25, 0.3) is 0 Å². The molecule has 2 amide bonds. The van der Waals surface area contributed by atoms with E-state index in [-0.39, 0.29) is 6.03 Å². The maximum atomic E-state index is 12.5. The van der Waals surface area contributed by atoms with Crippen LogP contribution < -0.4 is 15.4 Å². The standard InChI is InChI=1S/C19H25N3O5/c1-3-27-14-6-4-13(5-7-14)17-16(18(23)25-2)15(20-19(24)21-17)12-22-8-10-26-11-9-22/h4-7,17H,3,8-12H2,1-2H3,(H2,20,21,24)/t17-/m0/s1. The monoisotopic (exact) mass is 375 g/mol. The zero-order chi connectivity index (χ0) is 19.2. The number of methoxy groups -OCH3 is 1. The van der Waals surface area contributed by atoms with E-state index in [2.05, 4.69) is 15.5 Å². The molecular weight excluding hydrogens is 350 g/mol. The maximum absolute atomic E-state index is 12.5. The molecule has 2 aliphatic heterocycles. The number of carbonyl (C=O) groups is 2. The summed E-state index contributed by atoms with van der Waals surface area (Å²) >= 11 is 0. The molecule has 1 saturated heterocycles. The Morgan fingerprint density at radius 2 is 1.96 bits per heavy atom. The second kappa shape index (κ2) is 8.88. The van der Waals surface area contributed by atoms with Crippen LogP contribution in [0.1, 0.15) is 18.5 Å². The number of benzene rings is 1. The van der Waals surface area contributed by atoms with E-state index in [1.807, 2.05) is 31.2 Å². The van der Waals surface area contributed by atoms with Crippen LogP contribution in [-0.4, -0.2) is 63.5 Å². The topological polar surface area (TPSA) is 89.1 Å². The number of nitrogens with one attached hydrogen (secondary N) is 2. The number of esters is 1. The first kappa shape index (κ1) is 19.2. The Hall–Kier alpha value is -2.58. The summed E-state index contributed by atoms with van der Waals surface area (Å²) in [5.41, 5.74) is 1.76. The number of hydrogen-bond acceptors (Lipinski definition) is 6. The van der Waals surface area contributed by atoms with Crippen molar-refractivity contribution in [1.82, 2.24) is 15.5 Å². The van der Waals surface area contributed by atoms with Crippen molar-refractivity contribution < 1.29 is 23.8 Å². The van der Waals surface area contributed by atoms with Crippen LogP contribution in [0.2, 0.25) is 0 Å². The first-order valence-electron chi connectivity index (χ1n) is 9.04. The Morgan fingerprint density at radius 1 is 1.26 bits per heavy atom. The van der Waals surface area contributed by atoms with Gasteiger partial charge >= 0.3 is 12.0 Å². The molecule has 0 radical (unpaired) electrons. The smallest absolute Gasteiger partial charge is 0.338 e. The van der Waals surface area contributed by atoms with Gasteiger partial charge in [-0.25, -0.2) is 9.59 Å². The lowest BCUT2D eigenvalue weighted by Gasteiger charge is -2.33. The van der Waals surface area contributed by atoms with Crippen LogP contribution in [0.3, 0.4) is 0 Å². The van der Waals surface area contributed by atoms with E-state index in [4.69, 9.17) is 14.2 Å². The largest absolute Gasteiger partial charge is 0.494 e. The molecule has 8 heteroatoms. The number of amides is 2. The van der Waals surface area contributed by atoms with Gasteiger partial charge in [0.2, 0.25) is 0 Å². The zero-order valence-corrected chi connectivity index (χ0v) is 15.6. The summed E-state index contributed by atoms with van der Waals surface area (Å²) in [7, 11) is 1.34. The van der Waals surface area contributed by atoms with E-state index in [1.165, 1.54) is 7.11 Å².